The molecule has 0 spiro atoms. The Morgan fingerprint density at radius 1 is 1.35 bits per heavy atom. The van der Waals surface area contributed by atoms with E-state index in [-0.39, 0.29) is 24.0 Å². The molecule has 142 valence electrons. The normalized spacial score (nSPS) is 12.2. The summed E-state index contributed by atoms with van der Waals surface area (Å²) < 4.78 is 36.1. The molecule has 0 saturated carbocycles. The number of alkyl halides is 2. The van der Waals surface area contributed by atoms with Gasteiger partial charge in [0.1, 0.15) is 6.04 Å². The van der Waals surface area contributed by atoms with Gasteiger partial charge in [-0.05, 0) is 39.8 Å². The molecule has 1 unspecified atom stereocenters. The number of aromatic nitrogens is 2. The average Bonchev–Trinajstić information content (AvgIpc) is 2.83. The molecule has 1 aromatic carbocycles. The zero-order chi connectivity index (χ0) is 19.4. The van der Waals surface area contributed by atoms with E-state index < -0.39 is 12.7 Å². The van der Waals surface area contributed by atoms with Crippen LogP contribution in [0.2, 0.25) is 5.02 Å². The topological polar surface area (TPSA) is 65.4 Å². The Kier molecular flexibility index (Phi) is 6.42. The minimum Gasteiger partial charge on any atom is -0.490 e. The van der Waals surface area contributed by atoms with E-state index in [2.05, 4.69) is 15.2 Å². The molecule has 1 heterocycles. The van der Waals surface area contributed by atoms with E-state index in [1.807, 2.05) is 0 Å². The molecule has 1 N–H and O–H groups in total. The Bertz CT molecular complexity index is 796. The van der Waals surface area contributed by atoms with Gasteiger partial charge in [0, 0.05) is 11.8 Å². The molecule has 0 saturated heterocycles. The lowest BCUT2D eigenvalue weighted by molar-refractivity contribution is -0.119. The summed E-state index contributed by atoms with van der Waals surface area (Å²) >= 11 is 6.12. The molecule has 9 heteroatoms. The molecule has 1 amide bonds. The molecular formula is C17H20ClF2N3O3. The molecule has 0 aliphatic carbocycles. The van der Waals surface area contributed by atoms with Crippen LogP contribution in [0.3, 0.4) is 0 Å². The molecular weight excluding hydrogens is 368 g/mol. The molecule has 2 rings (SSSR count). The fourth-order valence-corrected chi connectivity index (χ4v) is 2.55. The van der Waals surface area contributed by atoms with Crippen LogP contribution in [0.15, 0.2) is 18.2 Å². The number of aryl methyl sites for hydroxylation is 1. The smallest absolute Gasteiger partial charge is 0.387 e. The zero-order valence-electron chi connectivity index (χ0n) is 14.8. The lowest BCUT2D eigenvalue weighted by atomic mass is 10.2. The maximum atomic E-state index is 12.5. The Balaban J connectivity index is 2.19. The Hall–Kier alpha value is -2.35. The molecule has 0 radical (unpaired) electrons. The first-order chi connectivity index (χ1) is 12.2. The number of anilines is 1. The Morgan fingerprint density at radius 2 is 2.04 bits per heavy atom. The highest BCUT2D eigenvalue weighted by Crippen LogP contribution is 2.32. The zero-order valence-corrected chi connectivity index (χ0v) is 15.6. The van der Waals surface area contributed by atoms with E-state index in [4.69, 9.17) is 16.3 Å². The lowest BCUT2D eigenvalue weighted by Crippen LogP contribution is -2.25. The van der Waals surface area contributed by atoms with Gasteiger partial charge in [-0.1, -0.05) is 11.6 Å². The summed E-state index contributed by atoms with van der Waals surface area (Å²) in [5, 5.41) is 7.48. The number of amides is 1. The van der Waals surface area contributed by atoms with Crippen LogP contribution in [-0.4, -0.2) is 28.9 Å². The highest BCUT2D eigenvalue weighted by atomic mass is 35.5. The molecule has 0 aliphatic heterocycles. The third-order valence-corrected chi connectivity index (χ3v) is 4.26. The molecule has 1 aromatic heterocycles. The third-order valence-electron chi connectivity index (χ3n) is 3.71. The summed E-state index contributed by atoms with van der Waals surface area (Å²) in [7, 11) is 0. The summed E-state index contributed by atoms with van der Waals surface area (Å²) in [6, 6.07) is 3.59. The number of ether oxygens (including phenoxy) is 2. The van der Waals surface area contributed by atoms with Crippen LogP contribution in [0.4, 0.5) is 14.5 Å². The molecule has 6 nitrogen and oxygen atoms in total. The van der Waals surface area contributed by atoms with Crippen LogP contribution < -0.4 is 14.8 Å². The maximum Gasteiger partial charge on any atom is 0.387 e. The Morgan fingerprint density at radius 3 is 2.58 bits per heavy atom. The number of nitrogens with one attached hydrogen (secondary N) is 1. The van der Waals surface area contributed by atoms with E-state index in [1.54, 1.807) is 27.7 Å². The summed E-state index contributed by atoms with van der Waals surface area (Å²) in [5.41, 5.74) is 1.71. The molecule has 0 fully saturated rings. The molecule has 2 aromatic rings. The lowest BCUT2D eigenvalue weighted by Gasteiger charge is -2.16. The van der Waals surface area contributed by atoms with Crippen molar-refractivity contribution in [2.75, 3.05) is 11.9 Å². The summed E-state index contributed by atoms with van der Waals surface area (Å²) in [5.74, 6) is -0.317. The van der Waals surface area contributed by atoms with Crippen LogP contribution in [0.5, 0.6) is 11.5 Å². The van der Waals surface area contributed by atoms with Gasteiger partial charge in [-0.2, -0.15) is 13.9 Å². The second-order valence-electron chi connectivity index (χ2n) is 5.57. The van der Waals surface area contributed by atoms with Crippen molar-refractivity contribution in [3.63, 3.8) is 0 Å². The van der Waals surface area contributed by atoms with Crippen molar-refractivity contribution in [1.82, 2.24) is 9.78 Å². The second-order valence-corrected chi connectivity index (χ2v) is 5.95. The van der Waals surface area contributed by atoms with Crippen molar-refractivity contribution in [3.05, 3.63) is 34.6 Å². The third kappa shape index (κ3) is 4.43. The number of carbonyl (C=O) groups excluding carboxylic acids is 1. The van der Waals surface area contributed by atoms with E-state index in [1.165, 1.54) is 22.9 Å². The van der Waals surface area contributed by atoms with Gasteiger partial charge >= 0.3 is 6.61 Å². The predicted octanol–water partition coefficient (Wildman–Crippen LogP) is 4.35. The van der Waals surface area contributed by atoms with Crippen LogP contribution in [0.25, 0.3) is 0 Å². The molecule has 1 atom stereocenters. The van der Waals surface area contributed by atoms with Gasteiger partial charge < -0.3 is 14.8 Å². The monoisotopic (exact) mass is 387 g/mol. The number of nitrogens with zero attached hydrogens (tertiary/aromatic N) is 2. The van der Waals surface area contributed by atoms with E-state index in [0.29, 0.717) is 22.1 Å². The van der Waals surface area contributed by atoms with Crippen molar-refractivity contribution < 1.29 is 23.0 Å². The van der Waals surface area contributed by atoms with Crippen LogP contribution in [-0.2, 0) is 4.79 Å². The van der Waals surface area contributed by atoms with Gasteiger partial charge in [0.2, 0.25) is 5.91 Å². The van der Waals surface area contributed by atoms with Gasteiger partial charge in [0.05, 0.1) is 23.0 Å². The van der Waals surface area contributed by atoms with E-state index in [0.717, 1.165) is 0 Å². The standard InChI is InChI=1S/C17H20ClF2N3O3/c1-5-25-14-8-12(6-7-13(14)26-17(19)20)21-16(24)11(4)23-10(3)15(18)9(2)22-23/h6-8,11,17H,5H2,1-4H3,(H,21,24). The van der Waals surface area contributed by atoms with Gasteiger partial charge in [0.25, 0.3) is 0 Å². The highest BCUT2D eigenvalue weighted by molar-refractivity contribution is 6.31. The van der Waals surface area contributed by atoms with Crippen molar-refractivity contribution in [2.24, 2.45) is 0 Å². The summed E-state index contributed by atoms with van der Waals surface area (Å²) in [4.78, 5) is 12.5. The fourth-order valence-electron chi connectivity index (χ4n) is 2.43. The average molecular weight is 388 g/mol. The van der Waals surface area contributed by atoms with Crippen LogP contribution >= 0.6 is 11.6 Å². The van der Waals surface area contributed by atoms with Gasteiger partial charge in [-0.3, -0.25) is 9.48 Å². The quantitative estimate of drug-likeness (QED) is 0.766. The first-order valence-corrected chi connectivity index (χ1v) is 8.36. The number of halogens is 3. The molecule has 0 aliphatic rings. The van der Waals surface area contributed by atoms with Crippen molar-refractivity contribution in [1.29, 1.82) is 0 Å². The first kappa shape index (κ1) is 20.0. The fraction of sp³-hybridized carbons (Fsp3) is 0.412. The first-order valence-electron chi connectivity index (χ1n) is 7.98. The highest BCUT2D eigenvalue weighted by Gasteiger charge is 2.21. The van der Waals surface area contributed by atoms with E-state index in [9.17, 15) is 13.6 Å². The predicted molar refractivity (Wildman–Crippen MR) is 94.3 cm³/mol. The number of hydrogen-bond donors (Lipinski definition) is 1. The largest absolute Gasteiger partial charge is 0.490 e. The SMILES string of the molecule is CCOc1cc(NC(=O)C(C)n2nc(C)c(Cl)c2C)ccc1OC(F)F. The second kappa shape index (κ2) is 8.35. The minimum atomic E-state index is -2.97. The van der Waals surface area contributed by atoms with Crippen molar-refractivity contribution in [2.45, 2.75) is 40.3 Å². The van der Waals surface area contributed by atoms with Gasteiger partial charge in [0.15, 0.2) is 11.5 Å². The Labute approximate surface area is 155 Å². The molecule has 26 heavy (non-hydrogen) atoms. The van der Waals surface area contributed by atoms with Crippen LogP contribution in [0, 0.1) is 13.8 Å². The van der Waals surface area contributed by atoms with Gasteiger partial charge in [-0.25, -0.2) is 0 Å². The number of rotatable bonds is 7. The summed E-state index contributed by atoms with van der Waals surface area (Å²) in [6.07, 6.45) is 0. The van der Waals surface area contributed by atoms with E-state index >= 15 is 0 Å². The van der Waals surface area contributed by atoms with Crippen molar-refractivity contribution >= 4 is 23.2 Å². The number of carbonyl (C=O) groups is 1. The minimum absolute atomic E-state index is 0.0989. The van der Waals surface area contributed by atoms with Crippen molar-refractivity contribution in [3.8, 4) is 11.5 Å². The maximum absolute atomic E-state index is 12.5. The number of hydrogen-bond acceptors (Lipinski definition) is 4. The number of benzene rings is 1. The molecule has 0 bridgehead atoms. The van der Waals surface area contributed by atoms with Crippen LogP contribution in [0.1, 0.15) is 31.3 Å². The summed E-state index contributed by atoms with van der Waals surface area (Å²) in [6.45, 7) is 4.22. The van der Waals surface area contributed by atoms with Gasteiger partial charge in [-0.15, -0.1) is 0 Å².